The maximum atomic E-state index is 13.8. The monoisotopic (exact) mass is 392 g/mol. The van der Waals surface area contributed by atoms with Crippen LogP contribution in [-0.2, 0) is 9.53 Å². The number of esters is 1. The molecule has 0 saturated heterocycles. The number of hydrogen-bond acceptors (Lipinski definition) is 4. The molecule has 0 unspecified atom stereocenters. The summed E-state index contributed by atoms with van der Waals surface area (Å²) in [6, 6.07) is 4.36. The average molecular weight is 392 g/mol. The first-order valence-corrected chi connectivity index (χ1v) is 8.51. The molecule has 1 aliphatic carbocycles. The van der Waals surface area contributed by atoms with Crippen LogP contribution in [0.4, 0.5) is 17.6 Å². The van der Waals surface area contributed by atoms with Gasteiger partial charge < -0.3 is 14.6 Å². The Morgan fingerprint density at radius 1 is 0.963 bits per heavy atom. The summed E-state index contributed by atoms with van der Waals surface area (Å²) in [5.41, 5.74) is -0.103. The maximum Gasteiger partial charge on any atom is 0.346 e. The van der Waals surface area contributed by atoms with Crippen LogP contribution in [0.15, 0.2) is 24.3 Å². The SMILES string of the molecule is O=C(O)c1ccc(OCC(F)(F)C(F)(F)COC(=O)C2CCCCC2)cc1. The lowest BCUT2D eigenvalue weighted by Crippen LogP contribution is -2.49. The predicted molar refractivity (Wildman–Crippen MR) is 86.3 cm³/mol. The van der Waals surface area contributed by atoms with Crippen LogP contribution in [0.3, 0.4) is 0 Å². The smallest absolute Gasteiger partial charge is 0.346 e. The minimum atomic E-state index is -4.60. The molecule has 1 aromatic rings. The number of benzene rings is 1. The van der Waals surface area contributed by atoms with Crippen LogP contribution in [0, 0.1) is 5.92 Å². The van der Waals surface area contributed by atoms with E-state index in [9.17, 15) is 27.2 Å². The summed E-state index contributed by atoms with van der Waals surface area (Å²) in [4.78, 5) is 22.5. The molecular weight excluding hydrogens is 372 g/mol. The van der Waals surface area contributed by atoms with E-state index in [2.05, 4.69) is 9.47 Å². The minimum Gasteiger partial charge on any atom is -0.487 e. The molecule has 27 heavy (non-hydrogen) atoms. The van der Waals surface area contributed by atoms with Crippen molar-refractivity contribution in [2.75, 3.05) is 13.2 Å². The molecule has 9 heteroatoms. The van der Waals surface area contributed by atoms with E-state index in [0.29, 0.717) is 12.8 Å². The van der Waals surface area contributed by atoms with Crippen molar-refractivity contribution in [3.05, 3.63) is 29.8 Å². The van der Waals surface area contributed by atoms with Gasteiger partial charge >= 0.3 is 23.8 Å². The highest BCUT2D eigenvalue weighted by Gasteiger charge is 2.58. The fraction of sp³-hybridized carbons (Fsp3) is 0.556. The van der Waals surface area contributed by atoms with Gasteiger partial charge in [-0.3, -0.25) is 4.79 Å². The van der Waals surface area contributed by atoms with E-state index >= 15 is 0 Å². The number of carboxylic acids is 1. The number of carbonyl (C=O) groups excluding carboxylic acids is 1. The molecule has 0 aliphatic heterocycles. The number of carboxylic acid groups (broad SMARTS) is 1. The molecule has 0 spiro atoms. The zero-order chi connectivity index (χ0) is 20.1. The number of halogens is 4. The van der Waals surface area contributed by atoms with E-state index in [0.717, 1.165) is 43.5 Å². The Labute approximate surface area is 153 Å². The van der Waals surface area contributed by atoms with Crippen molar-refractivity contribution in [3.8, 4) is 5.75 Å². The zero-order valence-electron chi connectivity index (χ0n) is 14.4. The van der Waals surface area contributed by atoms with Gasteiger partial charge in [0, 0.05) is 0 Å². The van der Waals surface area contributed by atoms with Crippen molar-refractivity contribution in [3.63, 3.8) is 0 Å². The summed E-state index contributed by atoms with van der Waals surface area (Å²) < 4.78 is 64.4. The molecule has 0 bridgehead atoms. The summed E-state index contributed by atoms with van der Waals surface area (Å²) in [5.74, 6) is -12.0. The Hall–Kier alpha value is -2.32. The number of aromatic carboxylic acids is 1. The van der Waals surface area contributed by atoms with Crippen LogP contribution in [0.1, 0.15) is 42.5 Å². The highest BCUT2D eigenvalue weighted by molar-refractivity contribution is 5.87. The maximum absolute atomic E-state index is 13.8. The third-order valence-corrected chi connectivity index (χ3v) is 4.39. The Morgan fingerprint density at radius 3 is 2.07 bits per heavy atom. The fourth-order valence-corrected chi connectivity index (χ4v) is 2.70. The van der Waals surface area contributed by atoms with Gasteiger partial charge in [0.2, 0.25) is 0 Å². The first-order chi connectivity index (χ1) is 12.6. The molecule has 1 aromatic carbocycles. The fourth-order valence-electron chi connectivity index (χ4n) is 2.70. The summed E-state index contributed by atoms with van der Waals surface area (Å²) in [7, 11) is 0. The first-order valence-electron chi connectivity index (χ1n) is 8.51. The Morgan fingerprint density at radius 2 is 1.52 bits per heavy atom. The predicted octanol–water partition coefficient (Wildman–Crippen LogP) is 4.16. The van der Waals surface area contributed by atoms with E-state index in [1.165, 1.54) is 0 Å². The molecule has 1 saturated carbocycles. The molecule has 5 nitrogen and oxygen atoms in total. The molecule has 0 aromatic heterocycles. The van der Waals surface area contributed by atoms with Gasteiger partial charge in [0.05, 0.1) is 11.5 Å². The lowest BCUT2D eigenvalue weighted by Gasteiger charge is -2.27. The Bertz CT molecular complexity index is 654. The van der Waals surface area contributed by atoms with Crippen LogP contribution in [0.5, 0.6) is 5.75 Å². The van der Waals surface area contributed by atoms with Gasteiger partial charge in [0.1, 0.15) is 5.75 Å². The van der Waals surface area contributed by atoms with Gasteiger partial charge in [0.15, 0.2) is 13.2 Å². The second-order valence-corrected chi connectivity index (χ2v) is 6.47. The molecule has 2 rings (SSSR count). The molecule has 1 fully saturated rings. The van der Waals surface area contributed by atoms with Gasteiger partial charge in [-0.2, -0.15) is 17.6 Å². The van der Waals surface area contributed by atoms with Gasteiger partial charge in [0.25, 0.3) is 0 Å². The quantitative estimate of drug-likeness (QED) is 0.531. The molecule has 1 aliphatic rings. The van der Waals surface area contributed by atoms with E-state index in [4.69, 9.17) is 5.11 Å². The minimum absolute atomic E-state index is 0.103. The average Bonchev–Trinajstić information content (AvgIpc) is 2.65. The highest BCUT2D eigenvalue weighted by atomic mass is 19.3. The third kappa shape index (κ3) is 5.58. The second-order valence-electron chi connectivity index (χ2n) is 6.47. The number of hydrogen-bond donors (Lipinski definition) is 1. The van der Waals surface area contributed by atoms with Crippen LogP contribution in [-0.4, -0.2) is 42.1 Å². The largest absolute Gasteiger partial charge is 0.487 e. The summed E-state index contributed by atoms with van der Waals surface area (Å²) >= 11 is 0. The highest BCUT2D eigenvalue weighted by Crippen LogP contribution is 2.36. The van der Waals surface area contributed by atoms with Crippen molar-refractivity contribution >= 4 is 11.9 Å². The number of carbonyl (C=O) groups is 2. The van der Waals surface area contributed by atoms with E-state index < -0.39 is 42.9 Å². The number of ether oxygens (including phenoxy) is 2. The first kappa shape index (κ1) is 21.0. The Kier molecular flexibility index (Phi) is 6.67. The molecule has 0 radical (unpaired) electrons. The van der Waals surface area contributed by atoms with Crippen LogP contribution >= 0.6 is 0 Å². The lowest BCUT2D eigenvalue weighted by molar-refractivity contribution is -0.241. The second kappa shape index (κ2) is 8.58. The third-order valence-electron chi connectivity index (χ3n) is 4.39. The summed E-state index contributed by atoms with van der Waals surface area (Å²) in [6.45, 7) is -3.37. The van der Waals surface area contributed by atoms with Crippen LogP contribution in [0.2, 0.25) is 0 Å². The molecule has 0 atom stereocenters. The van der Waals surface area contributed by atoms with E-state index in [-0.39, 0.29) is 11.3 Å². The van der Waals surface area contributed by atoms with Crippen molar-refractivity contribution in [1.29, 1.82) is 0 Å². The Balaban J connectivity index is 1.88. The number of rotatable bonds is 8. The van der Waals surface area contributed by atoms with Gasteiger partial charge in [-0.15, -0.1) is 0 Å². The van der Waals surface area contributed by atoms with Gasteiger partial charge in [-0.1, -0.05) is 19.3 Å². The van der Waals surface area contributed by atoms with Crippen molar-refractivity contribution in [1.82, 2.24) is 0 Å². The molecule has 0 heterocycles. The molecule has 0 amide bonds. The topological polar surface area (TPSA) is 72.8 Å². The summed E-state index contributed by atoms with van der Waals surface area (Å²) in [6.07, 6.45) is 3.52. The molecular formula is C18H20F4O5. The van der Waals surface area contributed by atoms with E-state index in [1.54, 1.807) is 0 Å². The van der Waals surface area contributed by atoms with Crippen LogP contribution in [0.25, 0.3) is 0 Å². The normalized spacial score (nSPS) is 16.0. The zero-order valence-corrected chi connectivity index (χ0v) is 14.4. The van der Waals surface area contributed by atoms with E-state index in [1.807, 2.05) is 0 Å². The standard InChI is InChI=1S/C18H20F4O5/c19-17(20,10-26-14-8-6-12(7-9-14)15(23)24)18(21,22)11-27-16(25)13-4-2-1-3-5-13/h6-9,13H,1-5,10-11H2,(H,23,24). The van der Waals surface area contributed by atoms with Crippen molar-refractivity contribution in [2.24, 2.45) is 5.92 Å². The molecule has 1 N–H and O–H groups in total. The van der Waals surface area contributed by atoms with Crippen molar-refractivity contribution < 1.29 is 41.7 Å². The summed E-state index contributed by atoms with van der Waals surface area (Å²) in [5, 5.41) is 8.74. The van der Waals surface area contributed by atoms with Gasteiger partial charge in [-0.25, -0.2) is 4.79 Å². The lowest BCUT2D eigenvalue weighted by atomic mass is 9.89. The number of alkyl halides is 4. The van der Waals surface area contributed by atoms with Crippen LogP contribution < -0.4 is 4.74 Å². The van der Waals surface area contributed by atoms with Crippen molar-refractivity contribution in [2.45, 2.75) is 43.9 Å². The van der Waals surface area contributed by atoms with Gasteiger partial charge in [-0.05, 0) is 37.1 Å². The molecule has 150 valence electrons.